The molecule has 0 radical (unpaired) electrons. The van der Waals surface area contributed by atoms with Gasteiger partial charge in [0.25, 0.3) is 11.8 Å². The number of nitrogens with one attached hydrogen (secondary N) is 1. The van der Waals surface area contributed by atoms with Crippen LogP contribution in [0, 0.1) is 0 Å². The van der Waals surface area contributed by atoms with E-state index in [9.17, 15) is 14.4 Å². The molecule has 6 nitrogen and oxygen atoms in total. The fourth-order valence-corrected chi connectivity index (χ4v) is 2.64. The number of hydrogen-bond acceptors (Lipinski definition) is 4. The zero-order valence-electron chi connectivity index (χ0n) is 12.9. The number of anilines is 1. The van der Waals surface area contributed by atoms with E-state index in [-0.39, 0.29) is 22.8 Å². The fraction of sp³-hybridized carbons (Fsp3) is 0.0556. The highest BCUT2D eigenvalue weighted by molar-refractivity contribution is 6.48. The number of rotatable bonds is 5. The van der Waals surface area contributed by atoms with E-state index < -0.39 is 17.8 Å². The minimum atomic E-state index is -1.05. The van der Waals surface area contributed by atoms with Crippen molar-refractivity contribution >= 4 is 35.1 Å². The largest absolute Gasteiger partial charge is 0.478 e. The number of aromatic carboxylic acids is 1. The molecule has 0 aliphatic carbocycles. The minimum Gasteiger partial charge on any atom is -0.478 e. The molecule has 0 saturated heterocycles. The van der Waals surface area contributed by atoms with Crippen molar-refractivity contribution in [1.82, 2.24) is 4.90 Å². The fourth-order valence-electron chi connectivity index (χ4n) is 2.40. The van der Waals surface area contributed by atoms with Crippen LogP contribution in [0.15, 0.2) is 65.3 Å². The highest BCUT2D eigenvalue weighted by Crippen LogP contribution is 2.27. The van der Waals surface area contributed by atoms with Crippen LogP contribution in [-0.4, -0.2) is 27.8 Å². The van der Waals surface area contributed by atoms with Gasteiger partial charge in [0.15, 0.2) is 0 Å². The number of imide groups is 1. The van der Waals surface area contributed by atoms with Crippen molar-refractivity contribution in [3.05, 3.63) is 76.5 Å². The highest BCUT2D eigenvalue weighted by atomic mass is 35.5. The third-order valence-corrected chi connectivity index (χ3v) is 4.05. The Morgan fingerprint density at radius 3 is 2.24 bits per heavy atom. The summed E-state index contributed by atoms with van der Waals surface area (Å²) in [5.41, 5.74) is 1.36. The van der Waals surface area contributed by atoms with E-state index >= 15 is 0 Å². The van der Waals surface area contributed by atoms with E-state index in [0.717, 1.165) is 10.5 Å². The van der Waals surface area contributed by atoms with Gasteiger partial charge >= 0.3 is 5.97 Å². The lowest BCUT2D eigenvalue weighted by Gasteiger charge is -2.15. The lowest BCUT2D eigenvalue weighted by molar-refractivity contribution is -0.138. The van der Waals surface area contributed by atoms with E-state index in [0.29, 0.717) is 5.69 Å². The molecule has 2 aromatic carbocycles. The maximum absolute atomic E-state index is 12.5. The van der Waals surface area contributed by atoms with Crippen LogP contribution >= 0.6 is 11.6 Å². The van der Waals surface area contributed by atoms with Gasteiger partial charge in [-0.15, -0.1) is 0 Å². The monoisotopic (exact) mass is 356 g/mol. The Morgan fingerprint density at radius 1 is 1.00 bits per heavy atom. The Bertz CT molecular complexity index is 876. The number of carbonyl (C=O) groups excluding carboxylic acids is 2. The number of carbonyl (C=O) groups is 3. The van der Waals surface area contributed by atoms with Gasteiger partial charge in [-0.2, -0.15) is 0 Å². The van der Waals surface area contributed by atoms with Crippen molar-refractivity contribution in [3.8, 4) is 0 Å². The van der Waals surface area contributed by atoms with Gasteiger partial charge in [0.2, 0.25) is 0 Å². The number of amides is 2. The van der Waals surface area contributed by atoms with Gasteiger partial charge < -0.3 is 10.4 Å². The molecule has 126 valence electrons. The van der Waals surface area contributed by atoms with Crippen molar-refractivity contribution in [3.63, 3.8) is 0 Å². The molecular formula is C18H13ClN2O4. The van der Waals surface area contributed by atoms with E-state index in [2.05, 4.69) is 5.32 Å². The minimum absolute atomic E-state index is 0.0225. The van der Waals surface area contributed by atoms with Crippen molar-refractivity contribution < 1.29 is 19.5 Å². The van der Waals surface area contributed by atoms with Crippen LogP contribution < -0.4 is 5.32 Å². The predicted octanol–water partition coefficient (Wildman–Crippen LogP) is 2.82. The molecule has 3 rings (SSSR count). The van der Waals surface area contributed by atoms with Crippen LogP contribution in [0.1, 0.15) is 15.9 Å². The average Bonchev–Trinajstić information content (AvgIpc) is 2.81. The van der Waals surface area contributed by atoms with Gasteiger partial charge in [0, 0.05) is 5.69 Å². The predicted molar refractivity (Wildman–Crippen MR) is 91.9 cm³/mol. The van der Waals surface area contributed by atoms with Gasteiger partial charge in [-0.05, 0) is 29.8 Å². The number of hydrogen-bond donors (Lipinski definition) is 2. The van der Waals surface area contributed by atoms with Crippen LogP contribution in [0.25, 0.3) is 0 Å². The second kappa shape index (κ2) is 6.78. The molecule has 1 aliphatic heterocycles. The number of nitrogens with zero attached hydrogens (tertiary/aromatic N) is 1. The van der Waals surface area contributed by atoms with E-state index in [4.69, 9.17) is 16.7 Å². The molecule has 7 heteroatoms. The summed E-state index contributed by atoms with van der Waals surface area (Å²) in [6, 6.07) is 14.9. The summed E-state index contributed by atoms with van der Waals surface area (Å²) < 4.78 is 0. The van der Waals surface area contributed by atoms with E-state index in [1.54, 1.807) is 0 Å². The van der Waals surface area contributed by atoms with Crippen molar-refractivity contribution in [2.45, 2.75) is 6.54 Å². The van der Waals surface area contributed by atoms with Crippen LogP contribution in [-0.2, 0) is 16.1 Å². The first-order valence-electron chi connectivity index (χ1n) is 7.37. The lowest BCUT2D eigenvalue weighted by atomic mass is 10.2. The Labute approximate surface area is 148 Å². The molecule has 25 heavy (non-hydrogen) atoms. The summed E-state index contributed by atoms with van der Waals surface area (Å²) in [5, 5.41) is 11.5. The molecule has 2 N–H and O–H groups in total. The second-order valence-electron chi connectivity index (χ2n) is 5.38. The zero-order chi connectivity index (χ0) is 18.0. The summed E-state index contributed by atoms with van der Waals surface area (Å²) in [6.45, 7) is 0.123. The third kappa shape index (κ3) is 3.39. The van der Waals surface area contributed by atoms with Crippen molar-refractivity contribution in [2.24, 2.45) is 0 Å². The van der Waals surface area contributed by atoms with Crippen molar-refractivity contribution in [2.75, 3.05) is 5.32 Å². The number of carboxylic acids is 1. The smallest absolute Gasteiger partial charge is 0.335 e. The Kier molecular flexibility index (Phi) is 4.54. The molecule has 0 fully saturated rings. The van der Waals surface area contributed by atoms with E-state index in [1.807, 2.05) is 30.3 Å². The Balaban J connectivity index is 1.78. The van der Waals surface area contributed by atoms with Gasteiger partial charge in [-0.25, -0.2) is 4.79 Å². The SMILES string of the molecule is O=C(O)c1ccc(NC2=C(Cl)C(=O)N(Cc3ccccc3)C2=O)cc1. The van der Waals surface area contributed by atoms with Gasteiger partial charge in [0.05, 0.1) is 12.1 Å². The number of benzene rings is 2. The highest BCUT2D eigenvalue weighted by Gasteiger charge is 2.37. The van der Waals surface area contributed by atoms with Crippen LogP contribution in [0.5, 0.6) is 0 Å². The molecule has 0 saturated carbocycles. The first kappa shape index (κ1) is 16.7. The Hall–Kier alpha value is -3.12. The summed E-state index contributed by atoms with van der Waals surface area (Å²) >= 11 is 6.03. The van der Waals surface area contributed by atoms with Crippen LogP contribution in [0.4, 0.5) is 5.69 Å². The molecule has 1 heterocycles. The molecule has 0 spiro atoms. The van der Waals surface area contributed by atoms with Gasteiger partial charge in [-0.3, -0.25) is 14.5 Å². The molecule has 0 aromatic heterocycles. The maximum atomic E-state index is 12.5. The maximum Gasteiger partial charge on any atom is 0.335 e. The quantitative estimate of drug-likeness (QED) is 0.804. The molecule has 2 aromatic rings. The van der Waals surface area contributed by atoms with Crippen LogP contribution in [0.2, 0.25) is 0 Å². The molecule has 0 atom stereocenters. The number of carboxylic acid groups (broad SMARTS) is 1. The average molecular weight is 357 g/mol. The number of halogens is 1. The van der Waals surface area contributed by atoms with Gasteiger partial charge in [-0.1, -0.05) is 41.9 Å². The zero-order valence-corrected chi connectivity index (χ0v) is 13.7. The summed E-state index contributed by atoms with van der Waals surface area (Å²) in [6.07, 6.45) is 0. The molecule has 0 bridgehead atoms. The second-order valence-corrected chi connectivity index (χ2v) is 5.76. The van der Waals surface area contributed by atoms with Crippen molar-refractivity contribution in [1.29, 1.82) is 0 Å². The molecule has 1 aliphatic rings. The van der Waals surface area contributed by atoms with Crippen LogP contribution in [0.3, 0.4) is 0 Å². The lowest BCUT2D eigenvalue weighted by Crippen LogP contribution is -2.31. The Morgan fingerprint density at radius 2 is 1.64 bits per heavy atom. The summed E-state index contributed by atoms with van der Waals surface area (Å²) in [7, 11) is 0. The summed E-state index contributed by atoms with van der Waals surface area (Å²) in [5.74, 6) is -2.15. The summed E-state index contributed by atoms with van der Waals surface area (Å²) in [4.78, 5) is 36.7. The first-order valence-corrected chi connectivity index (χ1v) is 7.75. The molecule has 2 amide bonds. The van der Waals surface area contributed by atoms with E-state index in [1.165, 1.54) is 24.3 Å². The topological polar surface area (TPSA) is 86.7 Å². The first-order chi connectivity index (χ1) is 12.0. The third-order valence-electron chi connectivity index (χ3n) is 3.70. The standard InChI is InChI=1S/C18H13ClN2O4/c19-14-15(20-13-8-6-12(7-9-13)18(24)25)17(23)21(16(14)22)10-11-4-2-1-3-5-11/h1-9,20H,10H2,(H,24,25). The molecule has 0 unspecified atom stereocenters. The normalized spacial score (nSPS) is 14.2. The molecular weight excluding hydrogens is 344 g/mol. The van der Waals surface area contributed by atoms with Gasteiger partial charge in [0.1, 0.15) is 10.7 Å².